The van der Waals surface area contributed by atoms with Gasteiger partial charge in [0.25, 0.3) is 0 Å². The van der Waals surface area contributed by atoms with Crippen molar-refractivity contribution >= 4 is 11.9 Å². The number of carbonyl (C=O) groups is 2. The minimum absolute atomic E-state index is 0.0846. The second-order valence-corrected chi connectivity index (χ2v) is 3.91. The van der Waals surface area contributed by atoms with E-state index in [1.54, 1.807) is 0 Å². The molecule has 0 radical (unpaired) electrons. The third kappa shape index (κ3) is 5.09. The summed E-state index contributed by atoms with van der Waals surface area (Å²) in [6, 6.07) is 0. The fourth-order valence-corrected chi connectivity index (χ4v) is 1.80. The first-order valence-electron chi connectivity index (χ1n) is 5.35. The number of aliphatic carboxylic acids is 2. The van der Waals surface area contributed by atoms with Crippen LogP contribution < -0.4 is 0 Å². The number of hydrogen-bond donors (Lipinski definition) is 2. The molecule has 0 aromatic carbocycles. The van der Waals surface area contributed by atoms with Gasteiger partial charge in [-0.3, -0.25) is 4.79 Å². The van der Waals surface area contributed by atoms with Crippen LogP contribution in [0.1, 0.15) is 19.3 Å². The van der Waals surface area contributed by atoms with Crippen LogP contribution in [0.25, 0.3) is 0 Å². The number of carboxylic acids is 2. The van der Waals surface area contributed by atoms with Gasteiger partial charge in [0.05, 0.1) is 12.5 Å². The molecule has 0 aliphatic carbocycles. The molecule has 1 unspecified atom stereocenters. The summed E-state index contributed by atoms with van der Waals surface area (Å²) in [5.41, 5.74) is 0. The molecule has 1 fully saturated rings. The lowest BCUT2D eigenvalue weighted by atomic mass is 10.1. The van der Waals surface area contributed by atoms with Gasteiger partial charge in [-0.15, -0.1) is 0 Å². The van der Waals surface area contributed by atoms with Crippen molar-refractivity contribution < 1.29 is 24.5 Å². The monoisotopic (exact) mass is 231 g/mol. The Labute approximate surface area is 93.8 Å². The summed E-state index contributed by atoms with van der Waals surface area (Å²) in [5, 5.41) is 17.0. The van der Waals surface area contributed by atoms with E-state index in [1.165, 1.54) is 0 Å². The molecule has 1 atom stereocenters. The maximum atomic E-state index is 10.4. The molecule has 1 rings (SSSR count). The fourth-order valence-electron chi connectivity index (χ4n) is 1.80. The molecule has 0 amide bonds. The molecule has 0 bridgehead atoms. The van der Waals surface area contributed by atoms with Gasteiger partial charge in [0.2, 0.25) is 0 Å². The Kier molecular flexibility index (Phi) is 5.21. The van der Waals surface area contributed by atoms with Crippen LogP contribution in [0, 0.1) is 0 Å². The van der Waals surface area contributed by atoms with Crippen molar-refractivity contribution in [3.63, 3.8) is 0 Å². The van der Waals surface area contributed by atoms with Crippen molar-refractivity contribution in [3.8, 4) is 0 Å². The van der Waals surface area contributed by atoms with E-state index in [4.69, 9.17) is 14.9 Å². The largest absolute Gasteiger partial charge is 0.481 e. The van der Waals surface area contributed by atoms with Crippen LogP contribution in [0.2, 0.25) is 0 Å². The summed E-state index contributed by atoms with van der Waals surface area (Å²) in [4.78, 5) is 22.7. The molecule has 0 saturated carbocycles. The highest BCUT2D eigenvalue weighted by atomic mass is 16.5. The minimum atomic E-state index is -0.970. The molecule has 0 aromatic heterocycles. The molecular formula is C10H17NO5. The Morgan fingerprint density at radius 2 is 2.06 bits per heavy atom. The van der Waals surface area contributed by atoms with Crippen LogP contribution in [-0.4, -0.2) is 59.4 Å². The smallest absolute Gasteiger partial charge is 0.329 e. The van der Waals surface area contributed by atoms with Crippen molar-refractivity contribution in [2.24, 2.45) is 0 Å². The Morgan fingerprint density at radius 1 is 1.31 bits per heavy atom. The zero-order valence-electron chi connectivity index (χ0n) is 9.09. The first kappa shape index (κ1) is 12.9. The van der Waals surface area contributed by atoms with Crippen molar-refractivity contribution in [3.05, 3.63) is 0 Å². The maximum absolute atomic E-state index is 10.4. The number of likely N-dealkylation sites (tertiary alicyclic amines) is 1. The van der Waals surface area contributed by atoms with Crippen molar-refractivity contribution in [1.82, 2.24) is 4.90 Å². The standard InChI is InChI=1S/C10H17NO5/c12-9(13)3-5-11-4-1-2-8(6-11)16-7-10(14)15/h8H,1-7H2,(H,12,13)(H,14,15). The van der Waals surface area contributed by atoms with Gasteiger partial charge in [-0.2, -0.15) is 0 Å². The van der Waals surface area contributed by atoms with Gasteiger partial charge in [-0.1, -0.05) is 0 Å². The topological polar surface area (TPSA) is 87.1 Å². The number of nitrogens with zero attached hydrogens (tertiary/aromatic N) is 1. The third-order valence-electron chi connectivity index (χ3n) is 2.55. The second kappa shape index (κ2) is 6.44. The molecule has 0 aromatic rings. The van der Waals surface area contributed by atoms with E-state index in [0.29, 0.717) is 13.1 Å². The van der Waals surface area contributed by atoms with Crippen LogP contribution >= 0.6 is 0 Å². The number of hydrogen-bond acceptors (Lipinski definition) is 4. The normalized spacial score (nSPS) is 21.9. The highest BCUT2D eigenvalue weighted by molar-refractivity contribution is 5.68. The van der Waals surface area contributed by atoms with Gasteiger partial charge >= 0.3 is 11.9 Å². The highest BCUT2D eigenvalue weighted by Gasteiger charge is 2.21. The lowest BCUT2D eigenvalue weighted by molar-refractivity contribution is -0.145. The highest BCUT2D eigenvalue weighted by Crippen LogP contribution is 2.13. The summed E-state index contributed by atoms with van der Waals surface area (Å²) in [6.07, 6.45) is 1.80. The van der Waals surface area contributed by atoms with E-state index in [9.17, 15) is 9.59 Å². The van der Waals surface area contributed by atoms with E-state index in [-0.39, 0.29) is 19.1 Å². The SMILES string of the molecule is O=C(O)CCN1CCCC(OCC(=O)O)C1. The predicted octanol–water partition coefficient (Wildman–Crippen LogP) is 0.0267. The van der Waals surface area contributed by atoms with Crippen molar-refractivity contribution in [1.29, 1.82) is 0 Å². The van der Waals surface area contributed by atoms with E-state index >= 15 is 0 Å². The molecule has 1 heterocycles. The van der Waals surface area contributed by atoms with E-state index in [2.05, 4.69) is 0 Å². The van der Waals surface area contributed by atoms with Crippen LogP contribution in [0.4, 0.5) is 0 Å². The lowest BCUT2D eigenvalue weighted by Gasteiger charge is -2.31. The zero-order valence-corrected chi connectivity index (χ0v) is 9.09. The average molecular weight is 231 g/mol. The van der Waals surface area contributed by atoms with Gasteiger partial charge in [-0.05, 0) is 19.4 Å². The Hall–Kier alpha value is -1.14. The van der Waals surface area contributed by atoms with Gasteiger partial charge in [0, 0.05) is 13.1 Å². The van der Waals surface area contributed by atoms with Crippen molar-refractivity contribution in [2.45, 2.75) is 25.4 Å². The number of rotatable bonds is 6. The van der Waals surface area contributed by atoms with Crippen LogP contribution in [0.3, 0.4) is 0 Å². The van der Waals surface area contributed by atoms with Gasteiger partial charge in [0.1, 0.15) is 6.61 Å². The summed E-state index contributed by atoms with van der Waals surface area (Å²) >= 11 is 0. The molecule has 16 heavy (non-hydrogen) atoms. The van der Waals surface area contributed by atoms with Gasteiger partial charge in [-0.25, -0.2) is 4.79 Å². The summed E-state index contributed by atoms with van der Waals surface area (Å²) in [6.45, 7) is 1.71. The molecule has 6 heteroatoms. The molecular weight excluding hydrogens is 214 g/mol. The van der Waals surface area contributed by atoms with Gasteiger partial charge in [0.15, 0.2) is 0 Å². The summed E-state index contributed by atoms with van der Waals surface area (Å²) in [5.74, 6) is -1.78. The van der Waals surface area contributed by atoms with E-state index in [0.717, 1.165) is 19.4 Å². The number of ether oxygens (including phenoxy) is 1. The first-order chi connectivity index (χ1) is 7.58. The van der Waals surface area contributed by atoms with Crippen LogP contribution in [0.5, 0.6) is 0 Å². The van der Waals surface area contributed by atoms with Crippen LogP contribution in [0.15, 0.2) is 0 Å². The quantitative estimate of drug-likeness (QED) is 0.670. The molecule has 2 N–H and O–H groups in total. The van der Waals surface area contributed by atoms with E-state index in [1.807, 2.05) is 4.90 Å². The van der Waals surface area contributed by atoms with Crippen molar-refractivity contribution in [2.75, 3.05) is 26.2 Å². The number of piperidine rings is 1. The molecule has 92 valence electrons. The molecule has 6 nitrogen and oxygen atoms in total. The lowest BCUT2D eigenvalue weighted by Crippen LogP contribution is -2.41. The van der Waals surface area contributed by atoms with Crippen LogP contribution in [-0.2, 0) is 14.3 Å². The number of carboxylic acid groups (broad SMARTS) is 2. The Morgan fingerprint density at radius 3 is 2.69 bits per heavy atom. The van der Waals surface area contributed by atoms with E-state index < -0.39 is 11.9 Å². The minimum Gasteiger partial charge on any atom is -0.481 e. The molecule has 1 aliphatic rings. The van der Waals surface area contributed by atoms with Gasteiger partial charge < -0.3 is 19.8 Å². The second-order valence-electron chi connectivity index (χ2n) is 3.91. The maximum Gasteiger partial charge on any atom is 0.329 e. The fraction of sp³-hybridized carbons (Fsp3) is 0.800. The predicted molar refractivity (Wildman–Crippen MR) is 55.3 cm³/mol. The summed E-state index contributed by atoms with van der Waals surface area (Å²) in [7, 11) is 0. The molecule has 1 aliphatic heterocycles. The Bertz CT molecular complexity index is 232. The molecule has 0 spiro atoms. The summed E-state index contributed by atoms with van der Waals surface area (Å²) < 4.78 is 5.19. The average Bonchev–Trinajstić information content (AvgIpc) is 2.24. The third-order valence-corrected chi connectivity index (χ3v) is 2.55. The zero-order chi connectivity index (χ0) is 12.0. The molecule has 1 saturated heterocycles. The Balaban J connectivity index is 2.24. The first-order valence-corrected chi connectivity index (χ1v) is 5.35.